The fourth-order valence-corrected chi connectivity index (χ4v) is 2.06. The van der Waals surface area contributed by atoms with E-state index in [1.165, 1.54) is 0 Å². The molecule has 2 rings (SSSR count). The van der Waals surface area contributed by atoms with Crippen LogP contribution in [-0.4, -0.2) is 11.7 Å². The third kappa shape index (κ3) is 3.69. The van der Waals surface area contributed by atoms with E-state index >= 15 is 0 Å². The van der Waals surface area contributed by atoms with Crippen molar-refractivity contribution in [3.8, 4) is 11.1 Å². The second-order valence-electron chi connectivity index (χ2n) is 5.98. The maximum absolute atomic E-state index is 11.9. The third-order valence-electron chi connectivity index (χ3n) is 2.99. The summed E-state index contributed by atoms with van der Waals surface area (Å²) in [6.07, 6.45) is -0.544. The van der Waals surface area contributed by atoms with Gasteiger partial charge in [-0.25, -0.2) is 4.79 Å². The van der Waals surface area contributed by atoms with Crippen LogP contribution in [0.15, 0.2) is 42.5 Å². The van der Waals surface area contributed by atoms with Crippen molar-refractivity contribution in [3.05, 3.63) is 42.5 Å². The highest BCUT2D eigenvalue weighted by molar-refractivity contribution is 5.96. The van der Waals surface area contributed by atoms with Crippen LogP contribution in [0.4, 0.5) is 21.9 Å². The summed E-state index contributed by atoms with van der Waals surface area (Å²) in [5.41, 5.74) is 14.8. The molecule has 0 atom stereocenters. The van der Waals surface area contributed by atoms with Gasteiger partial charge in [0.1, 0.15) is 5.60 Å². The first-order valence-electron chi connectivity index (χ1n) is 7.01. The molecule has 0 bridgehead atoms. The summed E-state index contributed by atoms with van der Waals surface area (Å²) in [5, 5.41) is 2.67. The van der Waals surface area contributed by atoms with Crippen LogP contribution in [0.2, 0.25) is 0 Å². The van der Waals surface area contributed by atoms with Gasteiger partial charge in [0.2, 0.25) is 0 Å². The van der Waals surface area contributed by atoms with E-state index in [9.17, 15) is 4.79 Å². The van der Waals surface area contributed by atoms with Crippen LogP contribution in [0, 0.1) is 0 Å². The second kappa shape index (κ2) is 5.97. The molecule has 5 nitrogen and oxygen atoms in total. The molecule has 0 saturated carbocycles. The van der Waals surface area contributed by atoms with Crippen LogP contribution in [0.3, 0.4) is 0 Å². The lowest BCUT2D eigenvalue weighted by Crippen LogP contribution is -2.27. The van der Waals surface area contributed by atoms with Crippen LogP contribution in [0.25, 0.3) is 11.1 Å². The first-order chi connectivity index (χ1) is 10.3. The van der Waals surface area contributed by atoms with Crippen LogP contribution in [0.1, 0.15) is 20.8 Å². The van der Waals surface area contributed by atoms with Gasteiger partial charge in [-0.05, 0) is 32.9 Å². The van der Waals surface area contributed by atoms with E-state index in [1.54, 1.807) is 26.8 Å². The number of nitrogen functional groups attached to an aromatic ring is 2. The molecule has 0 unspecified atom stereocenters. The van der Waals surface area contributed by atoms with Gasteiger partial charge in [-0.3, -0.25) is 5.32 Å². The number of hydrogen-bond donors (Lipinski definition) is 3. The molecule has 5 N–H and O–H groups in total. The number of carbonyl (C=O) groups excluding carboxylic acids is 1. The summed E-state index contributed by atoms with van der Waals surface area (Å²) in [4.78, 5) is 11.9. The predicted octanol–water partition coefficient (Wildman–Crippen LogP) is 3.87. The van der Waals surface area contributed by atoms with Crippen molar-refractivity contribution < 1.29 is 9.53 Å². The van der Waals surface area contributed by atoms with Gasteiger partial charge in [0.05, 0.1) is 11.4 Å². The quantitative estimate of drug-likeness (QED) is 0.734. The van der Waals surface area contributed by atoms with E-state index in [0.29, 0.717) is 17.1 Å². The SMILES string of the molecule is CC(C)(C)OC(=O)Nc1cccc(-c2ccccc2N)c1N. The fraction of sp³-hybridized carbons (Fsp3) is 0.235. The molecule has 0 fully saturated rings. The summed E-state index contributed by atoms with van der Waals surface area (Å²) in [5.74, 6) is 0. The molecule has 0 aliphatic heterocycles. The first kappa shape index (κ1) is 15.7. The van der Waals surface area contributed by atoms with Crippen LogP contribution >= 0.6 is 0 Å². The van der Waals surface area contributed by atoms with E-state index in [4.69, 9.17) is 16.2 Å². The van der Waals surface area contributed by atoms with Crippen LogP contribution in [-0.2, 0) is 4.74 Å². The lowest BCUT2D eigenvalue weighted by molar-refractivity contribution is 0.0636. The number of nitrogens with two attached hydrogens (primary N) is 2. The van der Waals surface area contributed by atoms with E-state index in [1.807, 2.05) is 36.4 Å². The Morgan fingerprint density at radius 2 is 1.64 bits per heavy atom. The Kier molecular flexibility index (Phi) is 4.26. The Morgan fingerprint density at radius 1 is 1.00 bits per heavy atom. The lowest BCUT2D eigenvalue weighted by atomic mass is 10.0. The topological polar surface area (TPSA) is 90.4 Å². The van der Waals surface area contributed by atoms with Crippen molar-refractivity contribution in [1.82, 2.24) is 0 Å². The number of amides is 1. The van der Waals surface area contributed by atoms with Crippen molar-refractivity contribution in [2.45, 2.75) is 26.4 Å². The zero-order valence-corrected chi connectivity index (χ0v) is 13.0. The van der Waals surface area contributed by atoms with E-state index in [-0.39, 0.29) is 0 Å². The van der Waals surface area contributed by atoms with Crippen molar-refractivity contribution in [2.75, 3.05) is 16.8 Å². The van der Waals surface area contributed by atoms with E-state index in [0.717, 1.165) is 11.1 Å². The van der Waals surface area contributed by atoms with Crippen LogP contribution in [0.5, 0.6) is 0 Å². The molecule has 0 radical (unpaired) electrons. The number of nitrogens with one attached hydrogen (secondary N) is 1. The standard InChI is InChI=1S/C17H21N3O2/c1-17(2,3)22-16(21)20-14-10-6-8-12(15(14)19)11-7-4-5-9-13(11)18/h4-10H,18-19H2,1-3H3,(H,20,21). The van der Waals surface area contributed by atoms with Gasteiger partial charge in [0.25, 0.3) is 0 Å². The molecule has 2 aromatic rings. The largest absolute Gasteiger partial charge is 0.444 e. The summed E-state index contributed by atoms with van der Waals surface area (Å²) >= 11 is 0. The highest BCUT2D eigenvalue weighted by Crippen LogP contribution is 2.34. The molecule has 0 spiro atoms. The first-order valence-corrected chi connectivity index (χ1v) is 7.01. The van der Waals surface area contributed by atoms with E-state index in [2.05, 4.69) is 5.32 Å². The summed E-state index contributed by atoms with van der Waals surface area (Å²) < 4.78 is 5.24. The smallest absolute Gasteiger partial charge is 0.412 e. The molecule has 0 aromatic heterocycles. The lowest BCUT2D eigenvalue weighted by Gasteiger charge is -2.20. The average Bonchev–Trinajstić information content (AvgIpc) is 2.40. The Morgan fingerprint density at radius 3 is 2.27 bits per heavy atom. The van der Waals surface area contributed by atoms with Crippen molar-refractivity contribution in [1.29, 1.82) is 0 Å². The van der Waals surface area contributed by atoms with Crippen molar-refractivity contribution in [3.63, 3.8) is 0 Å². The van der Waals surface area contributed by atoms with Gasteiger partial charge >= 0.3 is 6.09 Å². The normalized spacial score (nSPS) is 11.0. The highest BCUT2D eigenvalue weighted by Gasteiger charge is 2.18. The maximum atomic E-state index is 11.9. The molecule has 0 aliphatic rings. The minimum absolute atomic E-state index is 0.450. The number of benzene rings is 2. The number of hydrogen-bond acceptors (Lipinski definition) is 4. The number of para-hydroxylation sites is 2. The van der Waals surface area contributed by atoms with Gasteiger partial charge < -0.3 is 16.2 Å². The van der Waals surface area contributed by atoms with Gasteiger partial charge in [-0.15, -0.1) is 0 Å². The minimum Gasteiger partial charge on any atom is -0.444 e. The van der Waals surface area contributed by atoms with Gasteiger partial charge in [0, 0.05) is 16.8 Å². The highest BCUT2D eigenvalue weighted by atomic mass is 16.6. The molecule has 0 saturated heterocycles. The van der Waals surface area contributed by atoms with Gasteiger partial charge in [0.15, 0.2) is 0 Å². The maximum Gasteiger partial charge on any atom is 0.412 e. The second-order valence-corrected chi connectivity index (χ2v) is 5.98. The summed E-state index contributed by atoms with van der Waals surface area (Å²) in [6.45, 7) is 5.41. The Bertz CT molecular complexity index is 691. The summed E-state index contributed by atoms with van der Waals surface area (Å²) in [7, 11) is 0. The van der Waals surface area contributed by atoms with Gasteiger partial charge in [-0.2, -0.15) is 0 Å². The molecule has 22 heavy (non-hydrogen) atoms. The van der Waals surface area contributed by atoms with Crippen molar-refractivity contribution >= 4 is 23.2 Å². The van der Waals surface area contributed by atoms with Crippen molar-refractivity contribution in [2.24, 2.45) is 0 Å². The minimum atomic E-state index is -0.569. The third-order valence-corrected chi connectivity index (χ3v) is 2.99. The van der Waals surface area contributed by atoms with Crippen LogP contribution < -0.4 is 16.8 Å². The van der Waals surface area contributed by atoms with Gasteiger partial charge in [-0.1, -0.05) is 30.3 Å². The Balaban J connectivity index is 2.31. The fourth-order valence-electron chi connectivity index (χ4n) is 2.06. The molecule has 0 aliphatic carbocycles. The molecule has 2 aromatic carbocycles. The predicted molar refractivity (Wildman–Crippen MR) is 90.6 cm³/mol. The molecule has 0 heterocycles. The Hall–Kier alpha value is -2.69. The molecule has 5 heteroatoms. The molecule has 1 amide bonds. The number of carbonyl (C=O) groups is 1. The molecular weight excluding hydrogens is 278 g/mol. The summed E-state index contributed by atoms with van der Waals surface area (Å²) in [6, 6.07) is 12.8. The molecular formula is C17H21N3O2. The number of rotatable bonds is 2. The number of ether oxygens (including phenoxy) is 1. The molecule has 116 valence electrons. The monoisotopic (exact) mass is 299 g/mol. The number of anilines is 3. The zero-order valence-electron chi connectivity index (χ0n) is 13.0. The Labute approximate surface area is 130 Å². The zero-order chi connectivity index (χ0) is 16.3. The average molecular weight is 299 g/mol. The van der Waals surface area contributed by atoms with E-state index < -0.39 is 11.7 Å².